The molecule has 1 aromatic carbocycles. The highest BCUT2D eigenvalue weighted by molar-refractivity contribution is 6.00. The van der Waals surface area contributed by atoms with Crippen LogP contribution in [-0.4, -0.2) is 15.5 Å². The molecule has 1 atom stereocenters. The molecule has 22 heavy (non-hydrogen) atoms. The minimum absolute atomic E-state index is 0.139. The summed E-state index contributed by atoms with van der Waals surface area (Å²) >= 11 is 0. The van der Waals surface area contributed by atoms with Crippen molar-refractivity contribution < 1.29 is 9.53 Å². The maximum absolute atomic E-state index is 12.4. The van der Waals surface area contributed by atoms with E-state index in [0.29, 0.717) is 27.9 Å². The number of benzene rings is 1. The Labute approximate surface area is 125 Å². The number of carbonyl (C=O) groups is 1. The van der Waals surface area contributed by atoms with Crippen LogP contribution in [-0.2, 0) is 11.8 Å². The number of amides is 1. The molecule has 0 spiro atoms. The topological polar surface area (TPSA) is 76.1 Å². The first-order chi connectivity index (χ1) is 10.6. The van der Waals surface area contributed by atoms with E-state index in [0.717, 1.165) is 0 Å². The smallest absolute Gasteiger partial charge is 0.274 e. The molecule has 4 rings (SSSR count). The number of rotatable bonds is 1. The molecule has 0 fully saturated rings. The molecule has 2 N–H and O–H groups in total. The van der Waals surface area contributed by atoms with E-state index in [9.17, 15) is 9.59 Å². The number of para-hydroxylation sites is 2. The normalized spacial score (nSPS) is 17.0. The second-order valence-electron chi connectivity index (χ2n) is 5.25. The predicted molar refractivity (Wildman–Crippen MR) is 82.0 cm³/mol. The first kappa shape index (κ1) is 12.7. The van der Waals surface area contributed by atoms with Crippen LogP contribution in [0.2, 0.25) is 0 Å². The number of H-pyrrole nitrogens is 1. The van der Waals surface area contributed by atoms with Gasteiger partial charge >= 0.3 is 0 Å². The van der Waals surface area contributed by atoms with Crippen molar-refractivity contribution in [3.05, 3.63) is 58.6 Å². The van der Waals surface area contributed by atoms with Gasteiger partial charge in [0.15, 0.2) is 0 Å². The van der Waals surface area contributed by atoms with Gasteiger partial charge in [-0.25, -0.2) is 0 Å². The van der Waals surface area contributed by atoms with E-state index in [1.54, 1.807) is 37.6 Å². The van der Waals surface area contributed by atoms with Gasteiger partial charge in [-0.1, -0.05) is 12.1 Å². The zero-order valence-corrected chi connectivity index (χ0v) is 11.8. The van der Waals surface area contributed by atoms with E-state index in [2.05, 4.69) is 10.3 Å². The van der Waals surface area contributed by atoms with E-state index in [1.807, 2.05) is 12.1 Å². The lowest BCUT2D eigenvalue weighted by molar-refractivity contribution is -0.123. The summed E-state index contributed by atoms with van der Waals surface area (Å²) in [6, 6.07) is 9.05. The standard InChI is InChI=1S/C16H13N3O3/c1-19-8-10(9-6-7-17-13(9)16(19)21)14-15(20)18-11-4-2-3-5-12(11)22-14/h2-8,14,17H,1H3,(H,18,20). The molecule has 0 aliphatic carbocycles. The largest absolute Gasteiger partial charge is 0.474 e. The third-order valence-electron chi connectivity index (χ3n) is 3.84. The van der Waals surface area contributed by atoms with Gasteiger partial charge in [-0.3, -0.25) is 9.59 Å². The highest BCUT2D eigenvalue weighted by Crippen LogP contribution is 2.36. The molecule has 3 aromatic rings. The number of aryl methyl sites for hydroxylation is 1. The second-order valence-corrected chi connectivity index (χ2v) is 5.25. The summed E-state index contributed by atoms with van der Waals surface area (Å²) in [6.07, 6.45) is 2.54. The fourth-order valence-corrected chi connectivity index (χ4v) is 2.77. The van der Waals surface area contributed by atoms with Crippen molar-refractivity contribution in [1.82, 2.24) is 9.55 Å². The second kappa shape index (κ2) is 4.49. The van der Waals surface area contributed by atoms with Crippen LogP contribution in [0.5, 0.6) is 5.75 Å². The van der Waals surface area contributed by atoms with Crippen LogP contribution in [0.4, 0.5) is 5.69 Å². The van der Waals surface area contributed by atoms with Crippen LogP contribution in [0, 0.1) is 0 Å². The average Bonchev–Trinajstić information content (AvgIpc) is 3.00. The third-order valence-corrected chi connectivity index (χ3v) is 3.84. The van der Waals surface area contributed by atoms with Gasteiger partial charge in [-0.05, 0) is 18.2 Å². The summed E-state index contributed by atoms with van der Waals surface area (Å²) in [7, 11) is 1.65. The Morgan fingerprint density at radius 3 is 2.86 bits per heavy atom. The Kier molecular flexibility index (Phi) is 2.59. The Balaban J connectivity index is 1.90. The van der Waals surface area contributed by atoms with Crippen molar-refractivity contribution in [3.8, 4) is 5.75 Å². The number of ether oxygens (including phenoxy) is 1. The molecule has 1 amide bonds. The van der Waals surface area contributed by atoms with Crippen LogP contribution in [0.3, 0.4) is 0 Å². The van der Waals surface area contributed by atoms with Gasteiger partial charge in [-0.15, -0.1) is 0 Å². The molecule has 6 nitrogen and oxygen atoms in total. The van der Waals surface area contributed by atoms with Gasteiger partial charge in [0.05, 0.1) is 5.69 Å². The van der Waals surface area contributed by atoms with E-state index in [-0.39, 0.29) is 11.5 Å². The van der Waals surface area contributed by atoms with Crippen molar-refractivity contribution in [2.24, 2.45) is 7.05 Å². The quantitative estimate of drug-likeness (QED) is 0.720. The van der Waals surface area contributed by atoms with Gasteiger partial charge < -0.3 is 19.6 Å². The summed E-state index contributed by atoms with van der Waals surface area (Å²) in [5.41, 5.74) is 1.64. The van der Waals surface area contributed by atoms with Gasteiger partial charge in [0.25, 0.3) is 11.5 Å². The van der Waals surface area contributed by atoms with Crippen LogP contribution in [0.1, 0.15) is 11.7 Å². The summed E-state index contributed by atoms with van der Waals surface area (Å²) in [5.74, 6) is 0.365. The fraction of sp³-hybridized carbons (Fsp3) is 0.125. The number of aromatic nitrogens is 2. The first-order valence-electron chi connectivity index (χ1n) is 6.88. The molecule has 1 unspecified atom stereocenters. The number of hydrogen-bond acceptors (Lipinski definition) is 3. The van der Waals surface area contributed by atoms with Crippen LogP contribution < -0.4 is 15.6 Å². The maximum Gasteiger partial charge on any atom is 0.274 e. The molecule has 1 aliphatic heterocycles. The summed E-state index contributed by atoms with van der Waals surface area (Å²) in [6.45, 7) is 0. The lowest BCUT2D eigenvalue weighted by Gasteiger charge is -2.26. The van der Waals surface area contributed by atoms with Crippen LogP contribution in [0.15, 0.2) is 47.5 Å². The van der Waals surface area contributed by atoms with Crippen molar-refractivity contribution in [2.45, 2.75) is 6.10 Å². The molecular weight excluding hydrogens is 282 g/mol. The zero-order valence-electron chi connectivity index (χ0n) is 11.8. The van der Waals surface area contributed by atoms with Gasteiger partial charge in [0, 0.05) is 30.4 Å². The number of nitrogens with zero attached hydrogens (tertiary/aromatic N) is 1. The number of fused-ring (bicyclic) bond motifs is 2. The number of anilines is 1. The Bertz CT molecular complexity index is 955. The molecule has 0 bridgehead atoms. The first-order valence-corrected chi connectivity index (χ1v) is 6.88. The fourth-order valence-electron chi connectivity index (χ4n) is 2.77. The van der Waals surface area contributed by atoms with Crippen molar-refractivity contribution >= 4 is 22.5 Å². The molecular formula is C16H13N3O3. The monoisotopic (exact) mass is 295 g/mol. The van der Waals surface area contributed by atoms with Gasteiger partial charge in [0.2, 0.25) is 6.10 Å². The van der Waals surface area contributed by atoms with Crippen LogP contribution in [0.25, 0.3) is 10.9 Å². The summed E-state index contributed by atoms with van der Waals surface area (Å²) in [5, 5.41) is 3.53. The molecule has 2 aromatic heterocycles. The van der Waals surface area contributed by atoms with E-state index < -0.39 is 6.10 Å². The van der Waals surface area contributed by atoms with Gasteiger partial charge in [0.1, 0.15) is 11.3 Å². The molecule has 0 radical (unpaired) electrons. The molecule has 3 heterocycles. The highest BCUT2D eigenvalue weighted by Gasteiger charge is 2.31. The SMILES string of the molecule is Cn1cc(C2Oc3ccccc3NC2=O)c2cc[nH]c2c1=O. The molecule has 110 valence electrons. The number of aromatic amines is 1. The highest BCUT2D eigenvalue weighted by atomic mass is 16.5. The Hall–Kier alpha value is -3.02. The molecule has 0 saturated carbocycles. The predicted octanol–water partition coefficient (Wildman–Crippen LogP) is 1.94. The van der Waals surface area contributed by atoms with Crippen LogP contribution >= 0.6 is 0 Å². The zero-order chi connectivity index (χ0) is 15.3. The Morgan fingerprint density at radius 1 is 1.18 bits per heavy atom. The van der Waals surface area contributed by atoms with Crippen molar-refractivity contribution in [2.75, 3.05) is 5.32 Å². The maximum atomic E-state index is 12.4. The van der Waals surface area contributed by atoms with E-state index >= 15 is 0 Å². The number of carbonyl (C=O) groups excluding carboxylic acids is 1. The van der Waals surface area contributed by atoms with E-state index in [4.69, 9.17) is 4.74 Å². The summed E-state index contributed by atoms with van der Waals surface area (Å²) < 4.78 is 7.31. The van der Waals surface area contributed by atoms with Gasteiger partial charge in [-0.2, -0.15) is 0 Å². The summed E-state index contributed by atoms with van der Waals surface area (Å²) in [4.78, 5) is 27.4. The average molecular weight is 295 g/mol. The molecule has 1 aliphatic rings. The number of nitrogens with one attached hydrogen (secondary N) is 2. The number of pyridine rings is 1. The molecule has 6 heteroatoms. The lowest BCUT2D eigenvalue weighted by atomic mass is 10.0. The molecule has 0 saturated heterocycles. The lowest BCUT2D eigenvalue weighted by Crippen LogP contribution is -2.31. The third kappa shape index (κ3) is 1.74. The minimum Gasteiger partial charge on any atom is -0.474 e. The Morgan fingerprint density at radius 2 is 2.00 bits per heavy atom. The van der Waals surface area contributed by atoms with Crippen molar-refractivity contribution in [3.63, 3.8) is 0 Å². The number of hydrogen-bond donors (Lipinski definition) is 2. The minimum atomic E-state index is -0.792. The van der Waals surface area contributed by atoms with Crippen molar-refractivity contribution in [1.29, 1.82) is 0 Å². The van der Waals surface area contributed by atoms with E-state index in [1.165, 1.54) is 4.57 Å².